The first-order chi connectivity index (χ1) is 6.54. The molecule has 0 aliphatic rings. The van der Waals surface area contributed by atoms with E-state index in [-0.39, 0.29) is 4.90 Å². The molecule has 0 heterocycles. The molecular formula is C6H10ClN3O3S. The standard InChI is InChI=1S/C6H9N3O2S.ClHO/c7-9-5-1-3-6(4-2-5)12(8,10)11;1-2/h1-4,9H,7H2,(H2,8,10,11);2H. The Morgan fingerprint density at radius 1 is 1.21 bits per heavy atom. The number of halogens is 1. The van der Waals surface area contributed by atoms with Crippen LogP contribution in [-0.4, -0.2) is 13.1 Å². The molecule has 0 fully saturated rings. The smallest absolute Gasteiger partial charge is 0.238 e. The summed E-state index contributed by atoms with van der Waals surface area (Å²) < 4.78 is 28.0. The quantitative estimate of drug-likeness (QED) is 0.419. The lowest BCUT2D eigenvalue weighted by Gasteiger charge is -2.00. The summed E-state index contributed by atoms with van der Waals surface area (Å²) in [7, 11) is -3.60. The summed E-state index contributed by atoms with van der Waals surface area (Å²) in [4.78, 5) is 0.0708. The van der Waals surface area contributed by atoms with Crippen molar-refractivity contribution in [2.24, 2.45) is 11.0 Å². The number of anilines is 1. The van der Waals surface area contributed by atoms with Gasteiger partial charge < -0.3 is 5.43 Å². The van der Waals surface area contributed by atoms with Crippen molar-refractivity contribution in [1.82, 2.24) is 0 Å². The molecule has 0 atom stereocenters. The Morgan fingerprint density at radius 2 is 1.64 bits per heavy atom. The average molecular weight is 240 g/mol. The highest BCUT2D eigenvalue weighted by atomic mass is 35.5. The van der Waals surface area contributed by atoms with Crippen molar-refractivity contribution >= 4 is 27.6 Å². The molecular weight excluding hydrogens is 230 g/mol. The van der Waals surface area contributed by atoms with E-state index in [1.807, 2.05) is 0 Å². The Bertz CT molecular complexity index is 364. The number of hydrogen-bond donors (Lipinski definition) is 4. The zero-order chi connectivity index (χ0) is 11.2. The van der Waals surface area contributed by atoms with Gasteiger partial charge in [-0.3, -0.25) is 10.5 Å². The maximum absolute atomic E-state index is 10.8. The van der Waals surface area contributed by atoms with E-state index in [2.05, 4.69) is 17.3 Å². The normalized spacial score (nSPS) is 10.0. The molecule has 0 bridgehead atoms. The third-order valence-electron chi connectivity index (χ3n) is 1.35. The monoisotopic (exact) mass is 239 g/mol. The second kappa shape index (κ2) is 5.78. The number of nitrogens with one attached hydrogen (secondary N) is 1. The molecule has 0 saturated carbocycles. The third-order valence-corrected chi connectivity index (χ3v) is 2.28. The Balaban J connectivity index is 0.000000791. The van der Waals surface area contributed by atoms with E-state index in [9.17, 15) is 8.42 Å². The summed E-state index contributed by atoms with van der Waals surface area (Å²) in [5.74, 6) is 5.08. The van der Waals surface area contributed by atoms with Crippen LogP contribution >= 0.6 is 11.9 Å². The lowest BCUT2D eigenvalue weighted by atomic mass is 10.3. The van der Waals surface area contributed by atoms with Crippen LogP contribution in [0, 0.1) is 0 Å². The van der Waals surface area contributed by atoms with Crippen LogP contribution in [0.2, 0.25) is 0 Å². The van der Waals surface area contributed by atoms with Gasteiger partial charge in [0.1, 0.15) is 0 Å². The topological polar surface area (TPSA) is 118 Å². The lowest BCUT2D eigenvalue weighted by molar-refractivity contribution is 0.598. The van der Waals surface area contributed by atoms with Crippen LogP contribution in [0.1, 0.15) is 0 Å². The molecule has 0 aliphatic heterocycles. The van der Waals surface area contributed by atoms with E-state index in [1.165, 1.54) is 24.3 Å². The van der Waals surface area contributed by atoms with E-state index in [4.69, 9.17) is 15.6 Å². The van der Waals surface area contributed by atoms with Crippen molar-refractivity contribution in [3.8, 4) is 0 Å². The molecule has 6 nitrogen and oxygen atoms in total. The number of hydrogen-bond acceptors (Lipinski definition) is 5. The molecule has 1 rings (SSSR count). The van der Waals surface area contributed by atoms with Gasteiger partial charge in [-0.1, -0.05) is 0 Å². The zero-order valence-corrected chi connectivity index (χ0v) is 8.59. The van der Waals surface area contributed by atoms with Crippen LogP contribution in [0.3, 0.4) is 0 Å². The summed E-state index contributed by atoms with van der Waals surface area (Å²) in [6.45, 7) is 0. The van der Waals surface area contributed by atoms with E-state index < -0.39 is 10.0 Å². The predicted molar refractivity (Wildman–Crippen MR) is 53.7 cm³/mol. The van der Waals surface area contributed by atoms with Crippen molar-refractivity contribution in [3.63, 3.8) is 0 Å². The fourth-order valence-electron chi connectivity index (χ4n) is 0.741. The molecule has 0 amide bonds. The van der Waals surface area contributed by atoms with Crippen LogP contribution in [0.5, 0.6) is 0 Å². The molecule has 0 unspecified atom stereocenters. The van der Waals surface area contributed by atoms with Gasteiger partial charge in [0, 0.05) is 5.69 Å². The van der Waals surface area contributed by atoms with Gasteiger partial charge in [-0.15, -0.1) is 0 Å². The number of sulfonamides is 1. The Labute approximate surface area is 86.7 Å². The highest BCUT2D eigenvalue weighted by Crippen LogP contribution is 2.10. The van der Waals surface area contributed by atoms with E-state index in [0.29, 0.717) is 5.69 Å². The van der Waals surface area contributed by atoms with Gasteiger partial charge in [-0.25, -0.2) is 13.6 Å². The van der Waals surface area contributed by atoms with Crippen molar-refractivity contribution in [1.29, 1.82) is 0 Å². The van der Waals surface area contributed by atoms with Gasteiger partial charge in [0.25, 0.3) is 0 Å². The second-order valence-electron chi connectivity index (χ2n) is 2.21. The maximum atomic E-state index is 10.8. The molecule has 14 heavy (non-hydrogen) atoms. The van der Waals surface area contributed by atoms with Gasteiger partial charge in [-0.2, -0.15) is 0 Å². The summed E-state index contributed by atoms with van der Waals surface area (Å²) in [5, 5.41) is 4.87. The number of benzene rings is 1. The summed E-state index contributed by atoms with van der Waals surface area (Å²) in [6.07, 6.45) is 0. The first-order valence-electron chi connectivity index (χ1n) is 3.30. The number of nitrogens with two attached hydrogens (primary N) is 2. The Hall–Kier alpha value is -0.860. The molecule has 6 N–H and O–H groups in total. The molecule has 1 aromatic rings. The zero-order valence-electron chi connectivity index (χ0n) is 7.01. The molecule has 80 valence electrons. The first kappa shape index (κ1) is 13.1. The SMILES string of the molecule is NNc1ccc(S(N)(=O)=O)cc1.OCl. The largest absolute Gasteiger partial charge is 0.324 e. The number of nitrogen functional groups attached to an aromatic ring is 1. The van der Waals surface area contributed by atoms with Crippen LogP contribution in [0.4, 0.5) is 5.69 Å². The van der Waals surface area contributed by atoms with E-state index in [0.717, 1.165) is 0 Å². The molecule has 0 aromatic heterocycles. The maximum Gasteiger partial charge on any atom is 0.238 e. The van der Waals surface area contributed by atoms with Gasteiger partial charge in [0.2, 0.25) is 10.0 Å². The van der Waals surface area contributed by atoms with Gasteiger partial charge >= 0.3 is 0 Å². The fraction of sp³-hybridized carbons (Fsp3) is 0. The highest BCUT2D eigenvalue weighted by molar-refractivity contribution is 7.89. The van der Waals surface area contributed by atoms with Crippen molar-refractivity contribution < 1.29 is 13.1 Å². The van der Waals surface area contributed by atoms with Crippen LogP contribution < -0.4 is 16.4 Å². The van der Waals surface area contributed by atoms with Crippen LogP contribution in [0.15, 0.2) is 29.2 Å². The highest BCUT2D eigenvalue weighted by Gasteiger charge is 2.05. The van der Waals surface area contributed by atoms with E-state index >= 15 is 0 Å². The minimum absolute atomic E-state index is 0.0708. The van der Waals surface area contributed by atoms with Crippen molar-refractivity contribution in [3.05, 3.63) is 24.3 Å². The van der Waals surface area contributed by atoms with Crippen molar-refractivity contribution in [2.45, 2.75) is 4.90 Å². The molecule has 1 aromatic carbocycles. The number of hydrazine groups is 1. The van der Waals surface area contributed by atoms with Crippen LogP contribution in [0.25, 0.3) is 0 Å². The average Bonchev–Trinajstić information content (AvgIpc) is 2.20. The second-order valence-corrected chi connectivity index (χ2v) is 3.78. The number of rotatable bonds is 2. The summed E-state index contributed by atoms with van der Waals surface area (Å²) >= 11 is 3.64. The van der Waals surface area contributed by atoms with Gasteiger partial charge in [0.15, 0.2) is 0 Å². The molecule has 0 aliphatic carbocycles. The first-order valence-corrected chi connectivity index (χ1v) is 5.19. The van der Waals surface area contributed by atoms with Crippen molar-refractivity contribution in [2.75, 3.05) is 5.43 Å². The summed E-state index contributed by atoms with van der Waals surface area (Å²) in [6, 6.07) is 5.81. The van der Waals surface area contributed by atoms with Gasteiger partial charge in [0.05, 0.1) is 16.8 Å². The minimum Gasteiger partial charge on any atom is -0.324 e. The minimum atomic E-state index is -3.60. The molecule has 0 radical (unpaired) electrons. The van der Waals surface area contributed by atoms with Crippen LogP contribution in [-0.2, 0) is 10.0 Å². The predicted octanol–water partition coefficient (Wildman–Crippen LogP) is -0.248. The Morgan fingerprint density at radius 3 is 1.93 bits per heavy atom. The molecule has 0 saturated heterocycles. The lowest BCUT2D eigenvalue weighted by Crippen LogP contribution is -2.12. The molecule has 8 heteroatoms. The fourth-order valence-corrected chi connectivity index (χ4v) is 1.26. The van der Waals surface area contributed by atoms with Gasteiger partial charge in [-0.05, 0) is 24.3 Å². The molecule has 0 spiro atoms. The Kier molecular flexibility index (Phi) is 5.43. The summed E-state index contributed by atoms with van der Waals surface area (Å²) in [5.41, 5.74) is 3.00. The number of primary sulfonamides is 1. The third kappa shape index (κ3) is 3.90. The van der Waals surface area contributed by atoms with E-state index in [1.54, 1.807) is 0 Å².